The first kappa shape index (κ1) is 17.7. The highest BCUT2D eigenvalue weighted by atomic mass is 32.1. The van der Waals surface area contributed by atoms with Crippen LogP contribution in [0, 0.1) is 6.92 Å². The largest absolute Gasteiger partial charge is 0.357 e. The molecule has 1 aromatic heterocycles. The molecule has 0 saturated heterocycles. The van der Waals surface area contributed by atoms with Gasteiger partial charge in [0.2, 0.25) is 5.91 Å². The molecule has 1 fully saturated rings. The lowest BCUT2D eigenvalue weighted by atomic mass is 10.3. The van der Waals surface area contributed by atoms with Crippen LogP contribution in [-0.4, -0.2) is 42.5 Å². The van der Waals surface area contributed by atoms with Crippen LogP contribution in [0.2, 0.25) is 0 Å². The number of guanidine groups is 1. The molecule has 23 heavy (non-hydrogen) atoms. The predicted octanol–water partition coefficient (Wildman–Crippen LogP) is 1.61. The topological polar surface area (TPSA) is 78.4 Å². The van der Waals surface area contributed by atoms with Crippen molar-refractivity contribution in [3.63, 3.8) is 0 Å². The standard InChI is InChI=1S/C16H27N5OS/c1-3-17-16(19-10-8-15-20-11-12(2)23-15)18-9-4-5-14(22)21-13-6-7-13/h11,13H,3-10H2,1-2H3,(H,21,22)(H2,17,18,19). The summed E-state index contributed by atoms with van der Waals surface area (Å²) >= 11 is 1.73. The molecule has 128 valence electrons. The Morgan fingerprint density at radius 3 is 2.91 bits per heavy atom. The van der Waals surface area contributed by atoms with E-state index in [9.17, 15) is 4.79 Å². The van der Waals surface area contributed by atoms with Gasteiger partial charge in [-0.05, 0) is 33.1 Å². The van der Waals surface area contributed by atoms with Crippen LogP contribution in [0.5, 0.6) is 0 Å². The van der Waals surface area contributed by atoms with Crippen molar-refractivity contribution in [2.45, 2.75) is 52.0 Å². The highest BCUT2D eigenvalue weighted by molar-refractivity contribution is 7.11. The lowest BCUT2D eigenvalue weighted by molar-refractivity contribution is -0.121. The molecule has 2 rings (SSSR count). The van der Waals surface area contributed by atoms with Gasteiger partial charge in [0, 0.05) is 49.6 Å². The van der Waals surface area contributed by atoms with Crippen molar-refractivity contribution in [3.05, 3.63) is 16.1 Å². The van der Waals surface area contributed by atoms with Crippen LogP contribution in [0.25, 0.3) is 0 Å². The normalized spacial score (nSPS) is 14.6. The predicted molar refractivity (Wildman–Crippen MR) is 94.9 cm³/mol. The molecule has 7 heteroatoms. The number of carbonyl (C=O) groups excluding carboxylic acids is 1. The molecule has 0 atom stereocenters. The number of amides is 1. The summed E-state index contributed by atoms with van der Waals surface area (Å²) in [5.41, 5.74) is 0. The zero-order valence-corrected chi connectivity index (χ0v) is 14.8. The zero-order chi connectivity index (χ0) is 16.5. The van der Waals surface area contributed by atoms with Crippen molar-refractivity contribution < 1.29 is 4.79 Å². The molecule has 0 radical (unpaired) electrons. The van der Waals surface area contributed by atoms with Crippen LogP contribution in [0.4, 0.5) is 0 Å². The maximum atomic E-state index is 11.6. The summed E-state index contributed by atoms with van der Waals surface area (Å²) in [6.45, 7) is 6.40. The van der Waals surface area contributed by atoms with Crippen LogP contribution < -0.4 is 16.0 Å². The van der Waals surface area contributed by atoms with E-state index in [0.29, 0.717) is 19.0 Å². The minimum Gasteiger partial charge on any atom is -0.357 e. The van der Waals surface area contributed by atoms with Crippen LogP contribution in [-0.2, 0) is 11.2 Å². The molecule has 1 amide bonds. The lowest BCUT2D eigenvalue weighted by Gasteiger charge is -2.10. The smallest absolute Gasteiger partial charge is 0.220 e. The third kappa shape index (κ3) is 7.45. The van der Waals surface area contributed by atoms with Gasteiger partial charge < -0.3 is 16.0 Å². The van der Waals surface area contributed by atoms with Crippen molar-refractivity contribution in [1.82, 2.24) is 20.9 Å². The molecule has 0 aromatic carbocycles. The summed E-state index contributed by atoms with van der Waals surface area (Å²) in [5, 5.41) is 10.7. The van der Waals surface area contributed by atoms with Crippen molar-refractivity contribution in [2.24, 2.45) is 4.99 Å². The van der Waals surface area contributed by atoms with Crippen molar-refractivity contribution in [1.29, 1.82) is 0 Å². The summed E-state index contributed by atoms with van der Waals surface area (Å²) in [6.07, 6.45) is 6.41. The third-order valence-corrected chi connectivity index (χ3v) is 4.39. The first-order valence-corrected chi connectivity index (χ1v) is 9.22. The molecule has 6 nitrogen and oxygen atoms in total. The van der Waals surface area contributed by atoms with Crippen LogP contribution in [0.15, 0.2) is 11.2 Å². The SMILES string of the molecule is CCNC(=NCCCC(=O)NC1CC1)NCCc1ncc(C)s1. The monoisotopic (exact) mass is 337 g/mol. The first-order valence-electron chi connectivity index (χ1n) is 8.40. The number of aromatic nitrogens is 1. The minimum absolute atomic E-state index is 0.153. The molecule has 3 N–H and O–H groups in total. The summed E-state index contributed by atoms with van der Waals surface area (Å²) < 4.78 is 0. The lowest BCUT2D eigenvalue weighted by Crippen LogP contribution is -2.38. The first-order chi connectivity index (χ1) is 11.2. The quantitative estimate of drug-likeness (QED) is 0.363. The Hall–Kier alpha value is -1.63. The van der Waals surface area contributed by atoms with Gasteiger partial charge in [-0.25, -0.2) is 4.98 Å². The second kappa shape index (κ2) is 9.50. The molecule has 1 aliphatic carbocycles. The molecule has 0 unspecified atom stereocenters. The van der Waals surface area contributed by atoms with Gasteiger partial charge >= 0.3 is 0 Å². The van der Waals surface area contributed by atoms with E-state index in [4.69, 9.17) is 0 Å². The second-order valence-electron chi connectivity index (χ2n) is 5.75. The van der Waals surface area contributed by atoms with E-state index < -0.39 is 0 Å². The maximum absolute atomic E-state index is 11.6. The third-order valence-electron chi connectivity index (χ3n) is 3.42. The van der Waals surface area contributed by atoms with E-state index in [2.05, 4.69) is 32.9 Å². The molecule has 1 aromatic rings. The van der Waals surface area contributed by atoms with E-state index in [1.54, 1.807) is 11.3 Å². The molecule has 0 spiro atoms. The number of thiazole rings is 1. The molecular formula is C16H27N5OS. The van der Waals surface area contributed by atoms with Crippen molar-refractivity contribution in [3.8, 4) is 0 Å². The van der Waals surface area contributed by atoms with Crippen molar-refractivity contribution in [2.75, 3.05) is 19.6 Å². The number of aliphatic imine (C=N–C) groups is 1. The van der Waals surface area contributed by atoms with E-state index in [-0.39, 0.29) is 5.91 Å². The number of carbonyl (C=O) groups is 1. The number of nitrogens with one attached hydrogen (secondary N) is 3. The van der Waals surface area contributed by atoms with E-state index >= 15 is 0 Å². The van der Waals surface area contributed by atoms with Gasteiger partial charge in [0.15, 0.2) is 5.96 Å². The van der Waals surface area contributed by atoms with Gasteiger partial charge in [0.1, 0.15) is 0 Å². The number of rotatable bonds is 9. The van der Waals surface area contributed by atoms with Gasteiger partial charge in [-0.2, -0.15) is 0 Å². The number of hydrogen-bond acceptors (Lipinski definition) is 4. The zero-order valence-electron chi connectivity index (χ0n) is 14.0. The van der Waals surface area contributed by atoms with Crippen LogP contribution >= 0.6 is 11.3 Å². The Kier molecular flexibility index (Phi) is 7.32. The Morgan fingerprint density at radius 1 is 1.43 bits per heavy atom. The Balaban J connectivity index is 1.63. The van der Waals surface area contributed by atoms with E-state index in [1.165, 1.54) is 4.88 Å². The molecule has 0 aliphatic heterocycles. The average Bonchev–Trinajstić information content (AvgIpc) is 3.23. The van der Waals surface area contributed by atoms with Gasteiger partial charge in [0.05, 0.1) is 5.01 Å². The fourth-order valence-electron chi connectivity index (χ4n) is 2.10. The van der Waals surface area contributed by atoms with Gasteiger partial charge in [0.25, 0.3) is 0 Å². The highest BCUT2D eigenvalue weighted by Crippen LogP contribution is 2.18. The number of nitrogens with zero attached hydrogens (tertiary/aromatic N) is 2. The number of aryl methyl sites for hydroxylation is 1. The Bertz CT molecular complexity index is 524. The van der Waals surface area contributed by atoms with E-state index in [1.807, 2.05) is 13.1 Å². The molecule has 1 aliphatic rings. The summed E-state index contributed by atoms with van der Waals surface area (Å²) in [5.74, 6) is 0.961. The number of hydrogen-bond donors (Lipinski definition) is 3. The Morgan fingerprint density at radius 2 is 2.26 bits per heavy atom. The average molecular weight is 337 g/mol. The molecule has 1 saturated carbocycles. The summed E-state index contributed by atoms with van der Waals surface area (Å²) in [6, 6.07) is 0.444. The fraction of sp³-hybridized carbons (Fsp3) is 0.688. The van der Waals surface area contributed by atoms with Crippen LogP contribution in [0.3, 0.4) is 0 Å². The molecular weight excluding hydrogens is 310 g/mol. The summed E-state index contributed by atoms with van der Waals surface area (Å²) in [7, 11) is 0. The molecule has 0 bridgehead atoms. The summed E-state index contributed by atoms with van der Waals surface area (Å²) in [4.78, 5) is 21.7. The second-order valence-corrected chi connectivity index (χ2v) is 7.07. The Labute approximate surface area is 142 Å². The maximum Gasteiger partial charge on any atom is 0.220 e. The fourth-order valence-corrected chi connectivity index (χ4v) is 2.89. The van der Waals surface area contributed by atoms with Crippen LogP contribution in [0.1, 0.15) is 42.5 Å². The minimum atomic E-state index is 0.153. The van der Waals surface area contributed by atoms with E-state index in [0.717, 1.165) is 49.7 Å². The highest BCUT2D eigenvalue weighted by Gasteiger charge is 2.22. The van der Waals surface area contributed by atoms with Gasteiger partial charge in [-0.15, -0.1) is 11.3 Å². The van der Waals surface area contributed by atoms with Crippen molar-refractivity contribution >= 4 is 23.2 Å². The van der Waals surface area contributed by atoms with Gasteiger partial charge in [-0.1, -0.05) is 0 Å². The molecule has 1 heterocycles. The van der Waals surface area contributed by atoms with Gasteiger partial charge in [-0.3, -0.25) is 9.79 Å².